The smallest absolute Gasteiger partial charge is 0.0589 e. The number of likely N-dealkylation sites (tertiary alicyclic amines) is 1. The summed E-state index contributed by atoms with van der Waals surface area (Å²) in [5.74, 6) is 0. The van der Waals surface area contributed by atoms with Crippen molar-refractivity contribution in [3.8, 4) is 0 Å². The van der Waals surface area contributed by atoms with Gasteiger partial charge in [0, 0.05) is 26.2 Å². The third kappa shape index (κ3) is 2.73. The number of methoxy groups -OCH3 is 1. The topological polar surface area (TPSA) is 15.7 Å². The monoisotopic (exact) mass is 172 g/mol. The van der Waals surface area contributed by atoms with Gasteiger partial charge in [0.15, 0.2) is 0 Å². The molecule has 72 valence electrons. The Labute approximate surface area is 75.3 Å². The van der Waals surface area contributed by atoms with Crippen molar-refractivity contribution in [3.05, 3.63) is 0 Å². The van der Waals surface area contributed by atoms with Crippen LogP contribution in [0.5, 0.6) is 0 Å². The molecule has 1 heterocycles. The van der Waals surface area contributed by atoms with Crippen molar-refractivity contribution in [1.82, 2.24) is 9.80 Å². The SMILES string of the molecule is COCCN1CCC(N(C)C)C1. The number of hydrogen-bond donors (Lipinski definition) is 0. The van der Waals surface area contributed by atoms with Crippen molar-refractivity contribution in [2.75, 3.05) is 47.4 Å². The molecule has 3 nitrogen and oxygen atoms in total. The van der Waals surface area contributed by atoms with E-state index in [9.17, 15) is 0 Å². The normalized spacial score (nSPS) is 25.5. The first-order chi connectivity index (χ1) is 5.74. The molecule has 3 heteroatoms. The van der Waals surface area contributed by atoms with Gasteiger partial charge < -0.3 is 9.64 Å². The molecule has 0 aliphatic carbocycles. The molecule has 1 unspecified atom stereocenters. The van der Waals surface area contributed by atoms with Crippen molar-refractivity contribution in [2.45, 2.75) is 12.5 Å². The highest BCUT2D eigenvalue weighted by atomic mass is 16.5. The number of likely N-dealkylation sites (N-methyl/N-ethyl adjacent to an activating group) is 1. The van der Waals surface area contributed by atoms with Crippen molar-refractivity contribution < 1.29 is 4.74 Å². The van der Waals surface area contributed by atoms with Gasteiger partial charge in [-0.05, 0) is 27.1 Å². The molecule has 0 aromatic carbocycles. The fourth-order valence-electron chi connectivity index (χ4n) is 1.66. The van der Waals surface area contributed by atoms with Gasteiger partial charge in [-0.2, -0.15) is 0 Å². The van der Waals surface area contributed by atoms with Gasteiger partial charge in [0.05, 0.1) is 6.61 Å². The minimum Gasteiger partial charge on any atom is -0.383 e. The van der Waals surface area contributed by atoms with Crippen molar-refractivity contribution in [3.63, 3.8) is 0 Å². The van der Waals surface area contributed by atoms with Crippen molar-refractivity contribution >= 4 is 0 Å². The lowest BCUT2D eigenvalue weighted by atomic mass is 10.2. The zero-order valence-electron chi connectivity index (χ0n) is 8.42. The molecule has 1 atom stereocenters. The number of hydrogen-bond acceptors (Lipinski definition) is 3. The van der Waals surface area contributed by atoms with Crippen LogP contribution in [0.25, 0.3) is 0 Å². The summed E-state index contributed by atoms with van der Waals surface area (Å²) in [6, 6.07) is 0.752. The summed E-state index contributed by atoms with van der Waals surface area (Å²) in [6.45, 7) is 4.38. The maximum Gasteiger partial charge on any atom is 0.0589 e. The standard InChI is InChI=1S/C9H20N2O/c1-10(2)9-4-5-11(8-9)6-7-12-3/h9H,4-8H2,1-3H3. The molecular formula is C9H20N2O. The predicted molar refractivity (Wildman–Crippen MR) is 50.4 cm³/mol. The van der Waals surface area contributed by atoms with E-state index < -0.39 is 0 Å². The molecule has 12 heavy (non-hydrogen) atoms. The maximum absolute atomic E-state index is 5.04. The molecule has 0 radical (unpaired) electrons. The zero-order valence-corrected chi connectivity index (χ0v) is 8.42. The van der Waals surface area contributed by atoms with Gasteiger partial charge in [0.2, 0.25) is 0 Å². The predicted octanol–water partition coefficient (Wildman–Crippen LogP) is 0.269. The Morgan fingerprint density at radius 1 is 1.50 bits per heavy atom. The summed E-state index contributed by atoms with van der Waals surface area (Å²) in [6.07, 6.45) is 1.30. The summed E-state index contributed by atoms with van der Waals surface area (Å²) >= 11 is 0. The fourth-order valence-corrected chi connectivity index (χ4v) is 1.66. The van der Waals surface area contributed by atoms with Crippen LogP contribution in [-0.2, 0) is 4.74 Å². The van der Waals surface area contributed by atoms with Crippen LogP contribution in [0.1, 0.15) is 6.42 Å². The molecule has 0 N–H and O–H groups in total. The minimum absolute atomic E-state index is 0.752. The summed E-state index contributed by atoms with van der Waals surface area (Å²) in [5.41, 5.74) is 0. The number of nitrogens with zero attached hydrogens (tertiary/aromatic N) is 2. The van der Waals surface area contributed by atoms with Crippen LogP contribution in [0.3, 0.4) is 0 Å². The van der Waals surface area contributed by atoms with E-state index in [0.29, 0.717) is 0 Å². The average molecular weight is 172 g/mol. The summed E-state index contributed by atoms with van der Waals surface area (Å²) in [7, 11) is 6.08. The highest BCUT2D eigenvalue weighted by Crippen LogP contribution is 2.12. The van der Waals surface area contributed by atoms with E-state index in [2.05, 4.69) is 23.9 Å². The van der Waals surface area contributed by atoms with E-state index in [1.54, 1.807) is 7.11 Å². The highest BCUT2D eigenvalue weighted by molar-refractivity contribution is 4.80. The largest absolute Gasteiger partial charge is 0.383 e. The van der Waals surface area contributed by atoms with Gasteiger partial charge in [-0.15, -0.1) is 0 Å². The van der Waals surface area contributed by atoms with Crippen LogP contribution in [0, 0.1) is 0 Å². The third-order valence-electron chi connectivity index (χ3n) is 2.59. The lowest BCUT2D eigenvalue weighted by Crippen LogP contribution is -2.32. The molecule has 0 aromatic heterocycles. The minimum atomic E-state index is 0.752. The number of rotatable bonds is 4. The summed E-state index contributed by atoms with van der Waals surface area (Å²) < 4.78 is 5.04. The Morgan fingerprint density at radius 3 is 2.75 bits per heavy atom. The molecule has 1 rings (SSSR count). The molecule has 1 aliphatic heterocycles. The van der Waals surface area contributed by atoms with E-state index >= 15 is 0 Å². The van der Waals surface area contributed by atoms with Crippen LogP contribution in [0.4, 0.5) is 0 Å². The molecule has 0 amide bonds. The molecule has 0 aromatic rings. The average Bonchev–Trinajstić information content (AvgIpc) is 2.48. The second kappa shape index (κ2) is 4.80. The first kappa shape index (κ1) is 9.96. The van der Waals surface area contributed by atoms with Crippen LogP contribution in [0.2, 0.25) is 0 Å². The quantitative estimate of drug-likeness (QED) is 0.605. The van der Waals surface area contributed by atoms with Gasteiger partial charge in [0.1, 0.15) is 0 Å². The van der Waals surface area contributed by atoms with Gasteiger partial charge in [-0.25, -0.2) is 0 Å². The molecular weight excluding hydrogens is 152 g/mol. The van der Waals surface area contributed by atoms with E-state index in [1.807, 2.05) is 0 Å². The Kier molecular flexibility index (Phi) is 3.98. The molecule has 0 spiro atoms. The summed E-state index contributed by atoms with van der Waals surface area (Å²) in [5, 5.41) is 0. The first-order valence-electron chi connectivity index (χ1n) is 4.61. The second-order valence-corrected chi connectivity index (χ2v) is 3.70. The fraction of sp³-hybridized carbons (Fsp3) is 1.00. The van der Waals surface area contributed by atoms with Gasteiger partial charge in [0.25, 0.3) is 0 Å². The summed E-state index contributed by atoms with van der Waals surface area (Å²) in [4.78, 5) is 4.78. The van der Waals surface area contributed by atoms with Crippen LogP contribution in [-0.4, -0.2) is 63.3 Å². The molecule has 1 saturated heterocycles. The van der Waals surface area contributed by atoms with Gasteiger partial charge >= 0.3 is 0 Å². The highest BCUT2D eigenvalue weighted by Gasteiger charge is 2.22. The van der Waals surface area contributed by atoms with Crippen molar-refractivity contribution in [1.29, 1.82) is 0 Å². The van der Waals surface area contributed by atoms with E-state index in [0.717, 1.165) is 19.2 Å². The van der Waals surface area contributed by atoms with E-state index in [4.69, 9.17) is 4.74 Å². The van der Waals surface area contributed by atoms with Crippen LogP contribution < -0.4 is 0 Å². The molecule has 1 fully saturated rings. The zero-order chi connectivity index (χ0) is 8.97. The van der Waals surface area contributed by atoms with Crippen molar-refractivity contribution in [2.24, 2.45) is 0 Å². The Bertz CT molecular complexity index is 128. The third-order valence-corrected chi connectivity index (χ3v) is 2.59. The lowest BCUT2D eigenvalue weighted by Gasteiger charge is -2.19. The van der Waals surface area contributed by atoms with Crippen LogP contribution in [0.15, 0.2) is 0 Å². The Morgan fingerprint density at radius 2 is 2.25 bits per heavy atom. The Hall–Kier alpha value is -0.120. The number of ether oxygens (including phenoxy) is 1. The van der Waals surface area contributed by atoms with E-state index in [-0.39, 0.29) is 0 Å². The Balaban J connectivity index is 2.17. The molecule has 0 saturated carbocycles. The second-order valence-electron chi connectivity index (χ2n) is 3.70. The van der Waals surface area contributed by atoms with Crippen LogP contribution >= 0.6 is 0 Å². The lowest BCUT2D eigenvalue weighted by molar-refractivity contribution is 0.156. The van der Waals surface area contributed by atoms with Gasteiger partial charge in [-0.1, -0.05) is 0 Å². The molecule has 1 aliphatic rings. The molecule has 0 bridgehead atoms. The first-order valence-corrected chi connectivity index (χ1v) is 4.61. The maximum atomic E-state index is 5.04. The van der Waals surface area contributed by atoms with Gasteiger partial charge in [-0.3, -0.25) is 4.90 Å². The van der Waals surface area contributed by atoms with E-state index in [1.165, 1.54) is 19.5 Å².